The smallest absolute Gasteiger partial charge is 0.0691 e. The first-order valence-corrected chi connectivity index (χ1v) is 7.16. The molecule has 1 aromatic heterocycles. The fourth-order valence-corrected chi connectivity index (χ4v) is 2.73. The van der Waals surface area contributed by atoms with Crippen molar-refractivity contribution in [2.45, 2.75) is 26.9 Å². The van der Waals surface area contributed by atoms with Gasteiger partial charge in [0.15, 0.2) is 0 Å². The van der Waals surface area contributed by atoms with Crippen LogP contribution < -0.4 is 4.90 Å². The Morgan fingerprint density at radius 3 is 2.60 bits per heavy atom. The lowest BCUT2D eigenvalue weighted by Gasteiger charge is -2.15. The number of rotatable bonds is 2. The highest BCUT2D eigenvalue weighted by Gasteiger charge is 2.21. The number of likely N-dealkylation sites (N-methyl/N-ethyl adjacent to an activating group) is 1. The molecule has 1 aliphatic heterocycles. The number of aliphatic hydroxyl groups excluding tert-OH is 1. The van der Waals surface area contributed by atoms with E-state index >= 15 is 0 Å². The van der Waals surface area contributed by atoms with Crippen LogP contribution in [-0.4, -0.2) is 28.5 Å². The molecule has 0 saturated heterocycles. The topological polar surface area (TPSA) is 41.3 Å². The Hall–Kier alpha value is -1.81. The second kappa shape index (κ2) is 6.09. The zero-order valence-corrected chi connectivity index (χ0v) is 12.7. The van der Waals surface area contributed by atoms with Gasteiger partial charge in [-0.25, -0.2) is 0 Å². The van der Waals surface area contributed by atoms with Gasteiger partial charge in [-0.1, -0.05) is 19.9 Å². The van der Waals surface area contributed by atoms with Crippen LogP contribution in [0.15, 0.2) is 24.5 Å². The minimum Gasteiger partial charge on any atom is -0.392 e. The third kappa shape index (κ3) is 2.43. The molecule has 2 aromatic rings. The first-order chi connectivity index (χ1) is 9.70. The predicted molar refractivity (Wildman–Crippen MR) is 82.9 cm³/mol. The zero-order chi connectivity index (χ0) is 14.7. The van der Waals surface area contributed by atoms with Gasteiger partial charge in [-0.3, -0.25) is 4.68 Å². The number of nitrogens with zero attached hydrogens (tertiary/aromatic N) is 3. The van der Waals surface area contributed by atoms with Gasteiger partial charge in [0.1, 0.15) is 0 Å². The van der Waals surface area contributed by atoms with Crippen molar-refractivity contribution in [1.29, 1.82) is 0 Å². The summed E-state index contributed by atoms with van der Waals surface area (Å²) in [5.74, 6) is 0. The van der Waals surface area contributed by atoms with Crippen molar-refractivity contribution >= 4 is 5.69 Å². The Morgan fingerprint density at radius 2 is 2.00 bits per heavy atom. The number of fused-ring (bicyclic) bond motifs is 1. The number of benzene rings is 1. The summed E-state index contributed by atoms with van der Waals surface area (Å²) in [5.41, 5.74) is 5.73. The molecule has 2 heterocycles. The van der Waals surface area contributed by atoms with E-state index < -0.39 is 0 Å². The first kappa shape index (κ1) is 14.6. The molecule has 1 aromatic carbocycles. The van der Waals surface area contributed by atoms with Crippen LogP contribution in [0, 0.1) is 0 Å². The maximum absolute atomic E-state index is 9.69. The molecule has 0 spiro atoms. The van der Waals surface area contributed by atoms with Crippen molar-refractivity contribution < 1.29 is 5.11 Å². The predicted octanol–water partition coefficient (Wildman–Crippen LogP) is 2.60. The second-order valence-electron chi connectivity index (χ2n) is 4.82. The molecule has 20 heavy (non-hydrogen) atoms. The highest BCUT2D eigenvalue weighted by Crippen LogP contribution is 2.35. The van der Waals surface area contributed by atoms with E-state index in [4.69, 9.17) is 0 Å². The normalized spacial score (nSPS) is 12.9. The lowest BCUT2D eigenvalue weighted by molar-refractivity contribution is 0.281. The minimum atomic E-state index is 0.0846. The van der Waals surface area contributed by atoms with Crippen LogP contribution in [0.4, 0.5) is 5.69 Å². The average molecular weight is 273 g/mol. The van der Waals surface area contributed by atoms with Crippen LogP contribution in [0.5, 0.6) is 0 Å². The molecule has 4 heteroatoms. The van der Waals surface area contributed by atoms with Crippen LogP contribution in [-0.2, 0) is 20.1 Å². The number of hydrogen-bond donors (Lipinski definition) is 1. The van der Waals surface area contributed by atoms with Gasteiger partial charge < -0.3 is 10.0 Å². The summed E-state index contributed by atoms with van der Waals surface area (Å²) in [7, 11) is 4.00. The molecule has 0 aliphatic carbocycles. The van der Waals surface area contributed by atoms with Crippen molar-refractivity contribution in [3.8, 4) is 11.1 Å². The zero-order valence-electron chi connectivity index (χ0n) is 12.7. The molecule has 0 amide bonds. The molecule has 108 valence electrons. The molecular weight excluding hydrogens is 250 g/mol. The van der Waals surface area contributed by atoms with E-state index in [1.165, 1.54) is 11.3 Å². The van der Waals surface area contributed by atoms with Crippen LogP contribution in [0.25, 0.3) is 11.1 Å². The summed E-state index contributed by atoms with van der Waals surface area (Å²) in [4.78, 5) is 2.24. The highest BCUT2D eigenvalue weighted by atomic mass is 16.3. The van der Waals surface area contributed by atoms with E-state index in [-0.39, 0.29) is 6.61 Å². The fraction of sp³-hybridized carbons (Fsp3) is 0.438. The Balaban J connectivity index is 0.000000704. The van der Waals surface area contributed by atoms with Gasteiger partial charge in [0.25, 0.3) is 0 Å². The standard InChI is InChI=1S/C14H17N3O.C2H6/c1-16-6-5-12-13(9-18)11(3-4-14(12)16)10-7-15-17(2)8-10;1-2/h3-4,7-8,18H,5-6,9H2,1-2H3;1-2H3. The molecular formula is C16H23N3O. The van der Waals surface area contributed by atoms with E-state index in [2.05, 4.69) is 29.2 Å². The van der Waals surface area contributed by atoms with E-state index in [0.29, 0.717) is 0 Å². The summed E-state index contributed by atoms with van der Waals surface area (Å²) >= 11 is 0. The summed E-state index contributed by atoms with van der Waals surface area (Å²) in [6.45, 7) is 5.11. The number of aromatic nitrogens is 2. The Labute approximate surface area is 120 Å². The van der Waals surface area contributed by atoms with Crippen LogP contribution in [0.1, 0.15) is 25.0 Å². The SMILES string of the molecule is CC.CN1CCc2c1ccc(-c1cnn(C)c1)c2CO. The molecule has 3 rings (SSSR count). The number of aryl methyl sites for hydroxylation is 1. The summed E-state index contributed by atoms with van der Waals surface area (Å²) in [6, 6.07) is 4.23. The van der Waals surface area contributed by atoms with Gasteiger partial charge in [-0.05, 0) is 29.2 Å². The molecule has 0 unspecified atom stereocenters. The second-order valence-corrected chi connectivity index (χ2v) is 4.82. The number of anilines is 1. The molecule has 0 fully saturated rings. The summed E-state index contributed by atoms with van der Waals surface area (Å²) < 4.78 is 1.79. The minimum absolute atomic E-state index is 0.0846. The van der Waals surface area contributed by atoms with Crippen molar-refractivity contribution in [3.63, 3.8) is 0 Å². The lowest BCUT2D eigenvalue weighted by atomic mass is 9.96. The number of hydrogen-bond acceptors (Lipinski definition) is 3. The van der Waals surface area contributed by atoms with Crippen molar-refractivity contribution in [2.75, 3.05) is 18.5 Å². The lowest BCUT2D eigenvalue weighted by Crippen LogP contribution is -2.12. The van der Waals surface area contributed by atoms with Crippen molar-refractivity contribution in [1.82, 2.24) is 9.78 Å². The monoisotopic (exact) mass is 273 g/mol. The molecule has 0 radical (unpaired) electrons. The van der Waals surface area contributed by atoms with Gasteiger partial charge in [0.05, 0.1) is 12.8 Å². The number of aliphatic hydroxyl groups is 1. The molecule has 1 N–H and O–H groups in total. The van der Waals surface area contributed by atoms with E-state index in [1.807, 2.05) is 33.3 Å². The van der Waals surface area contributed by atoms with Crippen LogP contribution in [0.3, 0.4) is 0 Å². The molecule has 0 saturated carbocycles. The fourth-order valence-electron chi connectivity index (χ4n) is 2.73. The van der Waals surface area contributed by atoms with Gasteiger partial charge in [0, 0.05) is 38.1 Å². The molecule has 1 aliphatic rings. The quantitative estimate of drug-likeness (QED) is 0.914. The highest BCUT2D eigenvalue weighted by molar-refractivity contribution is 5.74. The van der Waals surface area contributed by atoms with Gasteiger partial charge in [0.2, 0.25) is 0 Å². The average Bonchev–Trinajstić information content (AvgIpc) is 3.07. The van der Waals surface area contributed by atoms with Gasteiger partial charge in [-0.2, -0.15) is 5.10 Å². The molecule has 4 nitrogen and oxygen atoms in total. The first-order valence-electron chi connectivity index (χ1n) is 7.16. The third-order valence-corrected chi connectivity index (χ3v) is 3.69. The van der Waals surface area contributed by atoms with Crippen LogP contribution >= 0.6 is 0 Å². The summed E-state index contributed by atoms with van der Waals surface area (Å²) in [5, 5.41) is 13.9. The Bertz CT molecular complexity index is 589. The molecule has 0 bridgehead atoms. The van der Waals surface area contributed by atoms with E-state index in [1.54, 1.807) is 4.68 Å². The largest absolute Gasteiger partial charge is 0.392 e. The van der Waals surface area contributed by atoms with E-state index in [9.17, 15) is 5.11 Å². The van der Waals surface area contributed by atoms with Gasteiger partial charge in [-0.15, -0.1) is 0 Å². The molecule has 0 atom stereocenters. The van der Waals surface area contributed by atoms with Crippen molar-refractivity contribution in [2.24, 2.45) is 7.05 Å². The van der Waals surface area contributed by atoms with Crippen LogP contribution in [0.2, 0.25) is 0 Å². The summed E-state index contributed by atoms with van der Waals surface area (Å²) in [6.07, 6.45) is 4.84. The van der Waals surface area contributed by atoms with Crippen molar-refractivity contribution in [3.05, 3.63) is 35.7 Å². The Morgan fingerprint density at radius 1 is 1.25 bits per heavy atom. The van der Waals surface area contributed by atoms with E-state index in [0.717, 1.165) is 29.7 Å². The van der Waals surface area contributed by atoms with Gasteiger partial charge >= 0.3 is 0 Å². The Kier molecular flexibility index (Phi) is 4.45. The third-order valence-electron chi connectivity index (χ3n) is 3.69. The maximum Gasteiger partial charge on any atom is 0.0691 e. The maximum atomic E-state index is 9.69.